The highest BCUT2D eigenvalue weighted by Gasteiger charge is 2.36. The standard InChI is InChI=1S/C25H31F3N8O2/c1-14-22(36(30)13-21(29)19-11-32-35(5)15(19)2)8-16(10-31-14)24(37)33-18-7-17(12-34(3)4)23(38-6)20(9-18)25(26,27)28/h7-11,29H,12-13,30H2,1-6H3,(H,33,37). The second-order valence-electron chi connectivity index (χ2n) is 9.11. The third kappa shape index (κ3) is 6.29. The number of ether oxygens (including phenoxy) is 1. The summed E-state index contributed by atoms with van der Waals surface area (Å²) in [7, 11) is 6.37. The summed E-state index contributed by atoms with van der Waals surface area (Å²) < 4.78 is 48.0. The van der Waals surface area contributed by atoms with Gasteiger partial charge in [0.05, 0.1) is 48.1 Å². The number of halogens is 3. The molecule has 4 N–H and O–H groups in total. The van der Waals surface area contributed by atoms with Crippen molar-refractivity contribution < 1.29 is 22.7 Å². The maximum atomic E-state index is 13.8. The predicted octanol–water partition coefficient (Wildman–Crippen LogP) is 3.52. The fraction of sp³-hybridized carbons (Fsp3) is 0.360. The average molecular weight is 533 g/mol. The number of pyridine rings is 1. The van der Waals surface area contributed by atoms with Gasteiger partial charge in [-0.3, -0.25) is 14.5 Å². The molecule has 0 saturated carbocycles. The van der Waals surface area contributed by atoms with Crippen LogP contribution in [0, 0.1) is 19.3 Å². The summed E-state index contributed by atoms with van der Waals surface area (Å²) >= 11 is 0. The zero-order valence-electron chi connectivity index (χ0n) is 22.1. The van der Waals surface area contributed by atoms with Crippen LogP contribution in [0.2, 0.25) is 0 Å². The molecule has 2 heterocycles. The van der Waals surface area contributed by atoms with Crippen LogP contribution in [-0.4, -0.2) is 59.0 Å². The Morgan fingerprint density at radius 1 is 1.21 bits per heavy atom. The summed E-state index contributed by atoms with van der Waals surface area (Å²) in [5, 5.41) is 16.4. The molecule has 0 saturated heterocycles. The van der Waals surface area contributed by atoms with Gasteiger partial charge in [-0.2, -0.15) is 18.3 Å². The van der Waals surface area contributed by atoms with Crippen molar-refractivity contribution in [3.05, 3.63) is 64.2 Å². The molecule has 0 unspecified atom stereocenters. The van der Waals surface area contributed by atoms with Crippen molar-refractivity contribution in [3.63, 3.8) is 0 Å². The van der Waals surface area contributed by atoms with E-state index in [4.69, 9.17) is 16.0 Å². The Bertz CT molecular complexity index is 1350. The molecule has 1 aromatic carbocycles. The third-order valence-corrected chi connectivity index (χ3v) is 5.94. The lowest BCUT2D eigenvalue weighted by atomic mass is 10.1. The smallest absolute Gasteiger partial charge is 0.420 e. The highest BCUT2D eigenvalue weighted by Crippen LogP contribution is 2.40. The van der Waals surface area contributed by atoms with Crippen LogP contribution in [0.1, 0.15) is 38.4 Å². The number of hydrogen-bond donors (Lipinski definition) is 3. The van der Waals surface area contributed by atoms with Crippen LogP contribution in [-0.2, 0) is 19.8 Å². The van der Waals surface area contributed by atoms with Crippen LogP contribution < -0.4 is 20.9 Å². The molecule has 0 fully saturated rings. The Morgan fingerprint density at radius 3 is 2.45 bits per heavy atom. The third-order valence-electron chi connectivity index (χ3n) is 5.94. The number of anilines is 2. The Hall–Kier alpha value is -3.97. The summed E-state index contributed by atoms with van der Waals surface area (Å²) in [6.07, 6.45) is -1.80. The van der Waals surface area contributed by atoms with Gasteiger partial charge in [0.2, 0.25) is 0 Å². The summed E-state index contributed by atoms with van der Waals surface area (Å²) in [5.74, 6) is 5.26. The molecule has 0 aliphatic heterocycles. The predicted molar refractivity (Wildman–Crippen MR) is 139 cm³/mol. The first kappa shape index (κ1) is 28.6. The molecule has 0 atom stereocenters. The van der Waals surface area contributed by atoms with Gasteiger partial charge < -0.3 is 25.4 Å². The minimum Gasteiger partial charge on any atom is -0.496 e. The Labute approximate surface area is 218 Å². The topological polar surface area (TPSA) is 125 Å². The van der Waals surface area contributed by atoms with Gasteiger partial charge in [0.25, 0.3) is 5.91 Å². The average Bonchev–Trinajstić information content (AvgIpc) is 3.16. The number of nitrogens with one attached hydrogen (secondary N) is 2. The van der Waals surface area contributed by atoms with E-state index < -0.39 is 17.6 Å². The van der Waals surface area contributed by atoms with Gasteiger partial charge in [0.1, 0.15) is 5.75 Å². The molecule has 0 aliphatic carbocycles. The molecule has 1 amide bonds. The first-order chi connectivity index (χ1) is 17.7. The molecule has 3 rings (SSSR count). The van der Waals surface area contributed by atoms with Crippen LogP contribution in [0.25, 0.3) is 0 Å². The quantitative estimate of drug-likeness (QED) is 0.219. The van der Waals surface area contributed by atoms with E-state index in [-0.39, 0.29) is 41.4 Å². The molecule has 0 radical (unpaired) electrons. The van der Waals surface area contributed by atoms with Gasteiger partial charge in [0, 0.05) is 42.3 Å². The fourth-order valence-electron chi connectivity index (χ4n) is 3.95. The molecule has 13 heteroatoms. The number of carbonyl (C=O) groups excluding carboxylic acids is 1. The van der Waals surface area contributed by atoms with Crippen molar-refractivity contribution in [3.8, 4) is 5.75 Å². The van der Waals surface area contributed by atoms with Crippen molar-refractivity contribution in [1.29, 1.82) is 5.41 Å². The van der Waals surface area contributed by atoms with E-state index >= 15 is 0 Å². The lowest BCUT2D eigenvalue weighted by molar-refractivity contribution is -0.138. The monoisotopic (exact) mass is 532 g/mol. The molecule has 0 bridgehead atoms. The maximum absolute atomic E-state index is 13.8. The van der Waals surface area contributed by atoms with Gasteiger partial charge in [-0.15, -0.1) is 0 Å². The molecule has 0 aliphatic rings. The van der Waals surface area contributed by atoms with E-state index in [9.17, 15) is 18.0 Å². The number of hydrazine groups is 1. The Kier molecular flexibility index (Phi) is 8.42. The Balaban J connectivity index is 1.89. The number of aromatic nitrogens is 3. The van der Waals surface area contributed by atoms with Gasteiger partial charge in [-0.05, 0) is 46.1 Å². The van der Waals surface area contributed by atoms with E-state index in [1.807, 2.05) is 6.92 Å². The maximum Gasteiger partial charge on any atom is 0.420 e. The number of rotatable bonds is 9. The van der Waals surface area contributed by atoms with E-state index in [2.05, 4.69) is 15.4 Å². The number of amides is 1. The number of nitrogens with two attached hydrogens (primary N) is 1. The number of hydrogen-bond acceptors (Lipinski definition) is 8. The second kappa shape index (κ2) is 11.2. The Morgan fingerprint density at radius 2 is 1.89 bits per heavy atom. The van der Waals surface area contributed by atoms with Gasteiger partial charge in [-0.1, -0.05) is 0 Å². The molecule has 38 heavy (non-hydrogen) atoms. The lowest BCUT2D eigenvalue weighted by Crippen LogP contribution is -2.37. The highest BCUT2D eigenvalue weighted by molar-refractivity contribution is 6.05. The summed E-state index contributed by atoms with van der Waals surface area (Å²) in [5.41, 5.74) is 1.88. The first-order valence-electron chi connectivity index (χ1n) is 11.5. The van der Waals surface area contributed by atoms with Crippen LogP contribution >= 0.6 is 0 Å². The summed E-state index contributed by atoms with van der Waals surface area (Å²) in [6, 6.07) is 3.77. The van der Waals surface area contributed by atoms with Crippen molar-refractivity contribution in [2.45, 2.75) is 26.6 Å². The number of aryl methyl sites for hydroxylation is 2. The van der Waals surface area contributed by atoms with Gasteiger partial charge in [-0.25, -0.2) is 5.84 Å². The normalized spacial score (nSPS) is 11.6. The van der Waals surface area contributed by atoms with Gasteiger partial charge >= 0.3 is 6.18 Å². The zero-order valence-corrected chi connectivity index (χ0v) is 22.1. The molecule has 3 aromatic rings. The zero-order chi connectivity index (χ0) is 28.4. The molecular weight excluding hydrogens is 501 g/mol. The largest absolute Gasteiger partial charge is 0.496 e. The minimum atomic E-state index is -4.69. The number of benzene rings is 1. The minimum absolute atomic E-state index is 0.0153. The van der Waals surface area contributed by atoms with Crippen molar-refractivity contribution in [2.24, 2.45) is 12.9 Å². The van der Waals surface area contributed by atoms with Crippen molar-refractivity contribution >= 4 is 23.0 Å². The van der Waals surface area contributed by atoms with Crippen molar-refractivity contribution in [2.75, 3.05) is 38.1 Å². The van der Waals surface area contributed by atoms with Crippen LogP contribution in [0.15, 0.2) is 30.6 Å². The van der Waals surface area contributed by atoms with E-state index in [0.717, 1.165) is 11.8 Å². The molecule has 10 nitrogen and oxygen atoms in total. The van der Waals surface area contributed by atoms with Crippen LogP contribution in [0.3, 0.4) is 0 Å². The highest BCUT2D eigenvalue weighted by atomic mass is 19.4. The van der Waals surface area contributed by atoms with Crippen molar-refractivity contribution in [1.82, 2.24) is 19.7 Å². The summed E-state index contributed by atoms with van der Waals surface area (Å²) in [4.78, 5) is 19.0. The first-order valence-corrected chi connectivity index (χ1v) is 11.5. The number of carbonyl (C=O) groups is 1. The summed E-state index contributed by atoms with van der Waals surface area (Å²) in [6.45, 7) is 3.71. The number of nitrogens with zero attached hydrogens (tertiary/aromatic N) is 5. The SMILES string of the molecule is COc1c(CN(C)C)cc(NC(=O)c2cnc(C)c(N(N)CC(=N)c3cnn(C)c3C)c2)cc1C(F)(F)F. The van der Waals surface area contributed by atoms with Crippen LogP contribution in [0.5, 0.6) is 5.75 Å². The lowest BCUT2D eigenvalue weighted by Gasteiger charge is -2.22. The second-order valence-corrected chi connectivity index (χ2v) is 9.11. The molecular formula is C25H31F3N8O2. The van der Waals surface area contributed by atoms with Crippen LogP contribution in [0.4, 0.5) is 24.5 Å². The fourth-order valence-corrected chi connectivity index (χ4v) is 3.95. The molecule has 0 spiro atoms. The molecule has 2 aromatic heterocycles. The number of alkyl halides is 3. The van der Waals surface area contributed by atoms with Gasteiger partial charge in [0.15, 0.2) is 0 Å². The van der Waals surface area contributed by atoms with E-state index in [1.54, 1.807) is 43.8 Å². The molecule has 204 valence electrons. The van der Waals surface area contributed by atoms with E-state index in [1.165, 1.54) is 30.4 Å². The van der Waals surface area contributed by atoms with E-state index in [0.29, 0.717) is 16.9 Å². The number of methoxy groups -OCH3 is 1.